The summed E-state index contributed by atoms with van der Waals surface area (Å²) >= 11 is 0. The zero-order chi connectivity index (χ0) is 34.3. The molecule has 2 unspecified atom stereocenters. The van der Waals surface area contributed by atoms with E-state index in [4.69, 9.17) is 19.1 Å². The van der Waals surface area contributed by atoms with Crippen LogP contribution in [-0.2, 0) is 32.6 Å². The highest BCUT2D eigenvalue weighted by Crippen LogP contribution is 2.43. The van der Waals surface area contributed by atoms with Crippen molar-refractivity contribution in [3.8, 4) is 0 Å². The molecule has 4 atom stereocenters. The summed E-state index contributed by atoms with van der Waals surface area (Å²) in [6.45, 7) is 2.43. The van der Waals surface area contributed by atoms with Gasteiger partial charge in [0.25, 0.3) is 10.0 Å². The number of aromatic nitrogens is 2. The topological polar surface area (TPSA) is 103 Å². The predicted octanol–water partition coefficient (Wildman–Crippen LogP) is 3.64. The lowest BCUT2D eigenvalue weighted by Crippen LogP contribution is -2.59. The highest BCUT2D eigenvalue weighted by molar-refractivity contribution is 7.89. The summed E-state index contributed by atoms with van der Waals surface area (Å²) in [7, 11) is -5.07. The third-order valence-corrected chi connectivity index (χ3v) is 6.05. The van der Waals surface area contributed by atoms with Crippen molar-refractivity contribution in [2.24, 2.45) is 0 Å². The van der Waals surface area contributed by atoms with Gasteiger partial charge < -0.3 is 14.8 Å². The molecule has 0 aliphatic carbocycles. The van der Waals surface area contributed by atoms with Crippen molar-refractivity contribution in [2.75, 3.05) is 6.18 Å². The number of benzene rings is 1. The average molecular weight is 574 g/mol. The molecule has 1 amide bonds. The number of carbonyl (C=O) groups excluding carboxylic acids is 1. The zero-order valence-corrected chi connectivity index (χ0v) is 20.9. The van der Waals surface area contributed by atoms with E-state index in [1.807, 2.05) is 5.32 Å². The molecule has 1 aromatic carbocycles. The van der Waals surface area contributed by atoms with Crippen molar-refractivity contribution in [3.63, 3.8) is 0 Å². The molecule has 38 heavy (non-hydrogen) atoms. The molecule has 1 N–H and O–H groups in total. The van der Waals surface area contributed by atoms with Crippen LogP contribution in [0, 0.1) is 11.6 Å². The first-order valence-corrected chi connectivity index (χ1v) is 12.4. The molecule has 0 radical (unpaired) electrons. The van der Waals surface area contributed by atoms with Crippen LogP contribution in [0.1, 0.15) is 59.7 Å². The number of nitrogens with one attached hydrogen (secondary N) is 1. The van der Waals surface area contributed by atoms with E-state index < -0.39 is 95.0 Å². The molecule has 15 heteroatoms. The summed E-state index contributed by atoms with van der Waals surface area (Å²) in [4.78, 5) is 13.2. The van der Waals surface area contributed by atoms with Gasteiger partial charge in [-0.15, -0.1) is 0 Å². The van der Waals surface area contributed by atoms with Gasteiger partial charge in [-0.05, 0) is 45.3 Å². The van der Waals surface area contributed by atoms with Gasteiger partial charge in [0, 0.05) is 44.7 Å². The molecule has 9 nitrogen and oxygen atoms in total. The molecule has 4 rings (SSSR count). The van der Waals surface area contributed by atoms with Crippen molar-refractivity contribution in [1.29, 1.82) is 0 Å². The first kappa shape index (κ1) is 20.2. The molecular formula is C23H27F5N4O5S. The molecule has 3 heterocycles. The maximum Gasteiger partial charge on any atom is 0.416 e. The number of carbonyl (C=O) groups is 1. The number of halogens is 5. The lowest BCUT2D eigenvalue weighted by atomic mass is 9.88. The zero-order valence-electron chi connectivity index (χ0n) is 27.1. The number of ether oxygens (including phenoxy) is 2. The maximum atomic E-state index is 15.0. The Morgan fingerprint density at radius 1 is 1.29 bits per heavy atom. The SMILES string of the molecule is [2H]C1([2H])[C@H](NC(=O)OC(C)(C)C)[C@@H](c2cc(F)ccc2F)OC([2H])(C(F)(F)F)C1([2H])N1Cc2cn(S(=O)(=O)C([2H])([2H])[2H])nc2C1. The summed E-state index contributed by atoms with van der Waals surface area (Å²) in [5, 5.41) is 5.59. The van der Waals surface area contributed by atoms with E-state index in [2.05, 4.69) is 5.10 Å². The Morgan fingerprint density at radius 3 is 2.61 bits per heavy atom. The lowest BCUT2D eigenvalue weighted by molar-refractivity contribution is -0.270. The number of rotatable bonds is 4. The number of hydrogen-bond donors (Lipinski definition) is 1. The van der Waals surface area contributed by atoms with Crippen molar-refractivity contribution in [2.45, 2.75) is 76.3 Å². The molecule has 1 fully saturated rings. The van der Waals surface area contributed by atoms with Gasteiger partial charge in [0.05, 0.1) is 19.3 Å². The summed E-state index contributed by atoms with van der Waals surface area (Å²) in [5.74, 6) is -2.55. The molecule has 2 aliphatic heterocycles. The van der Waals surface area contributed by atoms with Crippen LogP contribution in [0.25, 0.3) is 0 Å². The second kappa shape index (κ2) is 9.75. The summed E-state index contributed by atoms with van der Waals surface area (Å²) in [6, 6.07) is -4.77. The highest BCUT2D eigenvalue weighted by atomic mass is 32.2. The highest BCUT2D eigenvalue weighted by Gasteiger charge is 2.55. The van der Waals surface area contributed by atoms with Gasteiger partial charge in [-0.1, -0.05) is 0 Å². The number of alkyl carbamates (subject to hydrolysis) is 1. The van der Waals surface area contributed by atoms with Crippen LogP contribution in [-0.4, -0.2) is 64.7 Å². The number of hydrogen-bond acceptors (Lipinski definition) is 7. The normalized spacial score (nSPS) is 33.0. The number of amides is 1. The van der Waals surface area contributed by atoms with Gasteiger partial charge in [-0.3, -0.25) is 4.90 Å². The summed E-state index contributed by atoms with van der Waals surface area (Å²) in [5.41, 5.74) is -2.80. The third kappa shape index (κ3) is 6.10. The molecular weight excluding hydrogens is 539 g/mol. The van der Waals surface area contributed by atoms with E-state index in [1.54, 1.807) is 0 Å². The molecule has 210 valence electrons. The molecule has 2 aromatic rings. The lowest BCUT2D eigenvalue weighted by Gasteiger charge is -2.45. The Kier molecular flexibility index (Phi) is 5.18. The molecule has 1 aromatic heterocycles. The Hall–Kier alpha value is -2.78. The van der Waals surface area contributed by atoms with E-state index in [1.165, 1.54) is 20.8 Å². The number of nitrogens with zero attached hydrogens (tertiary/aromatic N) is 3. The number of fused-ring (bicyclic) bond motifs is 1. The summed E-state index contributed by atoms with van der Waals surface area (Å²) < 4.78 is 166. The van der Waals surface area contributed by atoms with Crippen molar-refractivity contribution in [1.82, 2.24) is 19.4 Å². The average Bonchev–Trinajstić information content (AvgIpc) is 3.44. The smallest absolute Gasteiger partial charge is 0.416 e. The van der Waals surface area contributed by atoms with Crippen molar-refractivity contribution < 1.29 is 54.2 Å². The molecule has 0 spiro atoms. The largest absolute Gasteiger partial charge is 0.444 e. The van der Waals surface area contributed by atoms with Gasteiger partial charge in [0.15, 0.2) is 6.08 Å². The van der Waals surface area contributed by atoms with Gasteiger partial charge in [0.1, 0.15) is 23.3 Å². The Morgan fingerprint density at radius 2 is 2.00 bits per heavy atom. The van der Waals surface area contributed by atoms with Crippen LogP contribution in [0.2, 0.25) is 0 Å². The van der Waals surface area contributed by atoms with Crippen LogP contribution in [0.3, 0.4) is 0 Å². The van der Waals surface area contributed by atoms with Crippen LogP contribution >= 0.6 is 0 Å². The standard InChI is InChI=1S/C23H27F5N4O5S/c1-22(2,3)37-21(33)29-16-8-18(31-9-12-10-32(38(4,34)35)30-17(12)11-31)20(23(26,27)28)36-19(16)14-7-13(24)5-6-15(14)25/h5-7,10,16,18-20H,8-9,11H2,1-4H3,(H,29,33)/t16-,18?,19+,20?/m0/s1/i4D3,8D2,18D,20D. The van der Waals surface area contributed by atoms with Gasteiger partial charge in [-0.2, -0.15) is 22.4 Å². The second-order valence-electron chi connectivity index (χ2n) is 9.48. The maximum absolute atomic E-state index is 15.0. The van der Waals surface area contributed by atoms with E-state index in [0.717, 1.165) is 0 Å². The van der Waals surface area contributed by atoms with E-state index in [-0.39, 0.29) is 15.3 Å². The fraction of sp³-hybridized carbons (Fsp3) is 0.565. The molecule has 0 bridgehead atoms. The Labute approximate surface area is 225 Å². The van der Waals surface area contributed by atoms with Crippen LogP contribution < -0.4 is 5.32 Å². The minimum Gasteiger partial charge on any atom is -0.444 e. The molecule has 1 saturated heterocycles. The van der Waals surface area contributed by atoms with Gasteiger partial charge in [-0.25, -0.2) is 22.0 Å². The minimum atomic E-state index is -5.90. The quantitative estimate of drug-likeness (QED) is 0.558. The first-order valence-electron chi connectivity index (χ1n) is 14.4. The van der Waals surface area contributed by atoms with Crippen LogP contribution in [0.15, 0.2) is 24.4 Å². The van der Waals surface area contributed by atoms with Crippen molar-refractivity contribution in [3.05, 3.63) is 52.9 Å². The third-order valence-electron chi connectivity index (χ3n) is 5.37. The van der Waals surface area contributed by atoms with Crippen LogP contribution in [0.5, 0.6) is 0 Å². The first-order chi connectivity index (χ1) is 20.2. The van der Waals surface area contributed by atoms with Gasteiger partial charge in [0.2, 0.25) is 0 Å². The van der Waals surface area contributed by atoms with E-state index in [0.29, 0.717) is 29.3 Å². The van der Waals surface area contributed by atoms with E-state index >= 15 is 0 Å². The minimum absolute atomic E-state index is 0.0813. The molecule has 2 aliphatic rings. The Bertz CT molecular complexity index is 1590. The van der Waals surface area contributed by atoms with Gasteiger partial charge >= 0.3 is 12.3 Å². The molecule has 0 saturated carbocycles. The summed E-state index contributed by atoms with van der Waals surface area (Å²) in [6.07, 6.45) is -21.1. The van der Waals surface area contributed by atoms with Crippen molar-refractivity contribution >= 4 is 16.1 Å². The fourth-order valence-corrected chi connectivity index (χ4v) is 4.38. The number of alkyl halides is 3. The Balaban J connectivity index is 1.88. The van der Waals surface area contributed by atoms with E-state index in [9.17, 15) is 35.2 Å². The fourth-order valence-electron chi connectivity index (χ4n) is 3.91. The second-order valence-corrected chi connectivity index (χ2v) is 10.8. The predicted molar refractivity (Wildman–Crippen MR) is 123 cm³/mol. The monoisotopic (exact) mass is 573 g/mol. The van der Waals surface area contributed by atoms with Crippen LogP contribution in [0.4, 0.5) is 26.7 Å².